The number of halogens is 1. The van der Waals surface area contributed by atoms with Gasteiger partial charge in [-0.15, -0.1) is 0 Å². The molecule has 0 aromatic heterocycles. The molecule has 0 amide bonds. The lowest BCUT2D eigenvalue weighted by molar-refractivity contribution is 0.0895. The summed E-state index contributed by atoms with van der Waals surface area (Å²) in [6.45, 7) is 5.72. The van der Waals surface area contributed by atoms with E-state index < -0.39 is 0 Å². The van der Waals surface area contributed by atoms with Gasteiger partial charge in [0.2, 0.25) is 0 Å². The Hall–Kier alpha value is -0.870. The van der Waals surface area contributed by atoms with Gasteiger partial charge in [-0.1, -0.05) is 15.9 Å². The largest absolute Gasteiger partial charge is 0.496 e. The molecule has 1 aromatic carbocycles. The van der Waals surface area contributed by atoms with E-state index in [9.17, 15) is 4.79 Å². The summed E-state index contributed by atoms with van der Waals surface area (Å²) in [7, 11) is 1.63. The van der Waals surface area contributed by atoms with Gasteiger partial charge >= 0.3 is 0 Å². The Labute approximate surface area is 122 Å². The highest BCUT2D eigenvalue weighted by atomic mass is 79.9. The number of hydrogen-bond donors (Lipinski definition) is 1. The average Bonchev–Trinajstić information content (AvgIpc) is 2.42. The molecule has 2 rings (SSSR count). The van der Waals surface area contributed by atoms with Crippen molar-refractivity contribution in [2.24, 2.45) is 5.92 Å². The molecule has 0 saturated carbocycles. The molecular weight excluding hydrogens is 306 g/mol. The van der Waals surface area contributed by atoms with Crippen molar-refractivity contribution >= 4 is 21.7 Å². The number of methoxy groups -OCH3 is 1. The lowest BCUT2D eigenvalue weighted by atomic mass is 9.88. The minimum Gasteiger partial charge on any atom is -0.496 e. The number of ketones is 1. The molecule has 1 atom stereocenters. The van der Waals surface area contributed by atoms with Crippen LogP contribution in [0.2, 0.25) is 0 Å². The average molecular weight is 326 g/mol. The summed E-state index contributed by atoms with van der Waals surface area (Å²) in [5.41, 5.74) is 2.70. The van der Waals surface area contributed by atoms with Crippen molar-refractivity contribution in [1.29, 1.82) is 0 Å². The summed E-state index contributed by atoms with van der Waals surface area (Å²) in [5.74, 6) is 0.984. The number of Topliss-reactive ketones (excluding diaryl/α,β-unsaturated/α-hetero) is 1. The van der Waals surface area contributed by atoms with Gasteiger partial charge in [0.05, 0.1) is 12.7 Å². The fourth-order valence-electron chi connectivity index (χ4n) is 2.69. The molecule has 1 fully saturated rings. The van der Waals surface area contributed by atoms with Crippen LogP contribution in [-0.2, 0) is 0 Å². The quantitative estimate of drug-likeness (QED) is 0.867. The van der Waals surface area contributed by atoms with Crippen molar-refractivity contribution in [1.82, 2.24) is 5.32 Å². The van der Waals surface area contributed by atoms with Gasteiger partial charge in [-0.2, -0.15) is 0 Å². The number of ether oxygens (including phenoxy) is 1. The molecule has 0 spiro atoms. The van der Waals surface area contributed by atoms with Gasteiger partial charge < -0.3 is 10.1 Å². The van der Waals surface area contributed by atoms with E-state index in [0.717, 1.165) is 52.8 Å². The third kappa shape index (κ3) is 2.84. The molecule has 0 radical (unpaired) electrons. The van der Waals surface area contributed by atoms with Crippen LogP contribution in [0.15, 0.2) is 10.5 Å². The lowest BCUT2D eigenvalue weighted by Gasteiger charge is -2.24. The summed E-state index contributed by atoms with van der Waals surface area (Å²) in [6, 6.07) is 2.00. The van der Waals surface area contributed by atoms with E-state index in [4.69, 9.17) is 4.74 Å². The second kappa shape index (κ2) is 6.06. The maximum atomic E-state index is 12.8. The third-order valence-electron chi connectivity index (χ3n) is 3.78. The Bertz CT molecular complexity index is 493. The van der Waals surface area contributed by atoms with E-state index in [1.807, 2.05) is 19.9 Å². The molecule has 4 heteroatoms. The normalized spacial score (nSPS) is 19.3. The molecule has 1 unspecified atom stereocenters. The minimum atomic E-state index is 0.0649. The van der Waals surface area contributed by atoms with Crippen LogP contribution < -0.4 is 10.1 Å². The van der Waals surface area contributed by atoms with Crippen LogP contribution in [0.25, 0.3) is 0 Å². The van der Waals surface area contributed by atoms with Gasteiger partial charge in [-0.25, -0.2) is 0 Å². The predicted octanol–water partition coefficient (Wildman–Crippen LogP) is 3.26. The maximum Gasteiger partial charge on any atom is 0.171 e. The molecule has 19 heavy (non-hydrogen) atoms. The molecule has 3 nitrogen and oxygen atoms in total. The number of nitrogens with one attached hydrogen (secondary N) is 1. The number of benzene rings is 1. The Morgan fingerprint density at radius 3 is 2.79 bits per heavy atom. The molecular formula is C15H20BrNO2. The van der Waals surface area contributed by atoms with Gasteiger partial charge in [0.1, 0.15) is 5.75 Å². The summed E-state index contributed by atoms with van der Waals surface area (Å²) >= 11 is 3.53. The standard InChI is InChI=1S/C15H20BrNO2/c1-9-7-12(16)10(2)13(15(9)19-3)14(18)11-5-4-6-17-8-11/h7,11,17H,4-6,8H2,1-3H3. The molecule has 1 aromatic rings. The first-order chi connectivity index (χ1) is 9.06. The zero-order valence-corrected chi connectivity index (χ0v) is 13.3. The van der Waals surface area contributed by atoms with Crippen molar-refractivity contribution in [3.63, 3.8) is 0 Å². The second-order valence-corrected chi connectivity index (χ2v) is 5.97. The van der Waals surface area contributed by atoms with Crippen LogP contribution >= 0.6 is 15.9 Å². The number of piperidine rings is 1. The fourth-order valence-corrected chi connectivity index (χ4v) is 3.23. The highest BCUT2D eigenvalue weighted by Gasteiger charge is 2.27. The smallest absolute Gasteiger partial charge is 0.171 e. The SMILES string of the molecule is COc1c(C)cc(Br)c(C)c1C(=O)C1CCCNC1. The summed E-state index contributed by atoms with van der Waals surface area (Å²) < 4.78 is 6.43. The molecule has 1 heterocycles. The Morgan fingerprint density at radius 1 is 1.47 bits per heavy atom. The first-order valence-electron chi connectivity index (χ1n) is 6.65. The van der Waals surface area contributed by atoms with E-state index >= 15 is 0 Å². The summed E-state index contributed by atoms with van der Waals surface area (Å²) in [5, 5.41) is 3.30. The zero-order valence-electron chi connectivity index (χ0n) is 11.7. The monoisotopic (exact) mass is 325 g/mol. The Kier molecular flexibility index (Phi) is 4.63. The third-order valence-corrected chi connectivity index (χ3v) is 4.60. The predicted molar refractivity (Wildman–Crippen MR) is 80.1 cm³/mol. The van der Waals surface area contributed by atoms with E-state index in [-0.39, 0.29) is 11.7 Å². The molecule has 1 aliphatic heterocycles. The van der Waals surface area contributed by atoms with Crippen molar-refractivity contribution in [3.05, 3.63) is 27.2 Å². The first-order valence-corrected chi connectivity index (χ1v) is 7.44. The van der Waals surface area contributed by atoms with Crippen LogP contribution in [-0.4, -0.2) is 26.0 Å². The Balaban J connectivity index is 2.44. The van der Waals surface area contributed by atoms with Crippen LogP contribution in [0.5, 0.6) is 5.75 Å². The van der Waals surface area contributed by atoms with Crippen molar-refractivity contribution in [3.8, 4) is 5.75 Å². The van der Waals surface area contributed by atoms with Gasteiger partial charge in [-0.05, 0) is 50.4 Å². The molecule has 1 N–H and O–H groups in total. The minimum absolute atomic E-state index is 0.0649. The second-order valence-electron chi connectivity index (χ2n) is 5.12. The van der Waals surface area contributed by atoms with Gasteiger partial charge in [0.15, 0.2) is 5.78 Å². The van der Waals surface area contributed by atoms with Crippen molar-refractivity contribution in [2.45, 2.75) is 26.7 Å². The maximum absolute atomic E-state index is 12.8. The number of rotatable bonds is 3. The Morgan fingerprint density at radius 2 is 2.21 bits per heavy atom. The zero-order chi connectivity index (χ0) is 14.0. The topological polar surface area (TPSA) is 38.3 Å². The molecule has 1 aliphatic rings. The summed E-state index contributed by atoms with van der Waals surface area (Å²) in [6.07, 6.45) is 2.02. The molecule has 1 saturated heterocycles. The van der Waals surface area contributed by atoms with Crippen LogP contribution in [0.1, 0.15) is 34.3 Å². The molecule has 0 aliphatic carbocycles. The number of carbonyl (C=O) groups is 1. The van der Waals surface area contributed by atoms with Gasteiger partial charge in [0.25, 0.3) is 0 Å². The van der Waals surface area contributed by atoms with Gasteiger partial charge in [0, 0.05) is 16.9 Å². The summed E-state index contributed by atoms with van der Waals surface area (Å²) in [4.78, 5) is 12.8. The number of carbonyl (C=O) groups excluding carboxylic acids is 1. The first kappa shape index (κ1) is 14.5. The van der Waals surface area contributed by atoms with Crippen LogP contribution in [0, 0.1) is 19.8 Å². The number of hydrogen-bond acceptors (Lipinski definition) is 3. The number of aryl methyl sites for hydroxylation is 1. The van der Waals surface area contributed by atoms with Crippen molar-refractivity contribution in [2.75, 3.05) is 20.2 Å². The molecule has 0 bridgehead atoms. The van der Waals surface area contributed by atoms with Gasteiger partial charge in [-0.3, -0.25) is 4.79 Å². The lowest BCUT2D eigenvalue weighted by Crippen LogP contribution is -2.34. The molecule has 104 valence electrons. The highest BCUT2D eigenvalue weighted by Crippen LogP contribution is 2.34. The van der Waals surface area contributed by atoms with Crippen molar-refractivity contribution < 1.29 is 9.53 Å². The van der Waals surface area contributed by atoms with E-state index in [1.165, 1.54) is 0 Å². The fraction of sp³-hybridized carbons (Fsp3) is 0.533. The van der Waals surface area contributed by atoms with E-state index in [1.54, 1.807) is 7.11 Å². The van der Waals surface area contributed by atoms with E-state index in [2.05, 4.69) is 21.2 Å². The van der Waals surface area contributed by atoms with Crippen LogP contribution in [0.4, 0.5) is 0 Å². The van der Waals surface area contributed by atoms with E-state index in [0.29, 0.717) is 0 Å². The van der Waals surface area contributed by atoms with Crippen LogP contribution in [0.3, 0.4) is 0 Å². The highest BCUT2D eigenvalue weighted by molar-refractivity contribution is 9.10.